The molecule has 0 saturated carbocycles. The minimum absolute atomic E-state index is 0. The standard InChI is InChI=1S/C24H23Cl2NO5S.Na.H/c1-15(27-14-23(28)17-3-2-4-18(25)12-17)11-16-5-7-19(8-6-16)33(31,32)20-9-10-21(24(29)30)22(26)13-20;;/h2-10,12-13,15,23,27-28H,11,14H2,1H3,(H,29,30);;/q;+1;-1/t15-,23-;;/m1../s1. The van der Waals surface area contributed by atoms with Crippen LogP contribution in [0.3, 0.4) is 0 Å². The number of aliphatic hydroxyl groups is 1. The smallest absolute Gasteiger partial charge is 1.00 e. The van der Waals surface area contributed by atoms with Crippen LogP contribution in [0.5, 0.6) is 0 Å². The summed E-state index contributed by atoms with van der Waals surface area (Å²) in [5.74, 6) is -1.23. The van der Waals surface area contributed by atoms with Crippen LogP contribution in [0.15, 0.2) is 76.5 Å². The van der Waals surface area contributed by atoms with Gasteiger partial charge < -0.3 is 17.0 Å². The van der Waals surface area contributed by atoms with E-state index in [0.29, 0.717) is 18.0 Å². The summed E-state index contributed by atoms with van der Waals surface area (Å²) < 4.78 is 25.8. The van der Waals surface area contributed by atoms with Crippen LogP contribution in [0.25, 0.3) is 0 Å². The van der Waals surface area contributed by atoms with Gasteiger partial charge in [0, 0.05) is 17.6 Å². The summed E-state index contributed by atoms with van der Waals surface area (Å²) in [5, 5.41) is 23.1. The SMILES string of the molecule is C[C@H](Cc1ccc(S(=O)(=O)c2ccc(C(=O)O)c(Cl)c2)cc1)NC[C@@H](O)c1cccc(Cl)c1.[H-].[Na+]. The Balaban J connectivity index is 0.00000306. The number of halogens is 2. The summed E-state index contributed by atoms with van der Waals surface area (Å²) in [6.45, 7) is 2.32. The first-order valence-corrected chi connectivity index (χ1v) is 12.4. The fraction of sp³-hybridized carbons (Fsp3) is 0.208. The van der Waals surface area contributed by atoms with E-state index in [0.717, 1.165) is 17.2 Å². The maximum Gasteiger partial charge on any atom is 1.00 e. The van der Waals surface area contributed by atoms with E-state index in [-0.39, 0.29) is 57.4 Å². The normalized spacial score (nSPS) is 13.1. The fourth-order valence-corrected chi connectivity index (χ4v) is 5.16. The summed E-state index contributed by atoms with van der Waals surface area (Å²) in [6, 6.07) is 17.1. The Labute approximate surface area is 232 Å². The first-order chi connectivity index (χ1) is 15.6. The molecule has 176 valence electrons. The van der Waals surface area contributed by atoms with E-state index in [1.807, 2.05) is 13.0 Å². The van der Waals surface area contributed by atoms with Crippen LogP contribution in [0.1, 0.15) is 35.9 Å². The average Bonchev–Trinajstić information content (AvgIpc) is 2.77. The monoisotopic (exact) mass is 531 g/mol. The van der Waals surface area contributed by atoms with E-state index in [4.69, 9.17) is 28.3 Å². The van der Waals surface area contributed by atoms with Gasteiger partial charge in [0.2, 0.25) is 9.84 Å². The number of aromatic carboxylic acids is 1. The van der Waals surface area contributed by atoms with Gasteiger partial charge in [-0.15, -0.1) is 0 Å². The Kier molecular flexibility index (Phi) is 10.6. The van der Waals surface area contributed by atoms with Crippen molar-refractivity contribution in [2.75, 3.05) is 6.54 Å². The molecule has 3 aromatic carbocycles. The number of hydrogen-bond acceptors (Lipinski definition) is 5. The van der Waals surface area contributed by atoms with Crippen LogP contribution in [-0.2, 0) is 16.3 Å². The number of nitrogens with one attached hydrogen (secondary N) is 1. The van der Waals surface area contributed by atoms with E-state index >= 15 is 0 Å². The third-order valence-electron chi connectivity index (χ3n) is 5.15. The number of rotatable bonds is 9. The van der Waals surface area contributed by atoms with E-state index in [1.165, 1.54) is 24.3 Å². The molecule has 0 aliphatic carbocycles. The molecule has 0 saturated heterocycles. The molecule has 3 aromatic rings. The Bertz CT molecular complexity index is 1260. The maximum absolute atomic E-state index is 12.9. The van der Waals surface area contributed by atoms with E-state index < -0.39 is 21.9 Å². The number of carbonyl (C=O) groups is 1. The Hall–Kier alpha value is -1.42. The molecular weight excluding hydrogens is 508 g/mol. The molecule has 0 heterocycles. The molecule has 0 bridgehead atoms. The van der Waals surface area contributed by atoms with E-state index in [1.54, 1.807) is 30.3 Å². The molecule has 0 fully saturated rings. The summed E-state index contributed by atoms with van der Waals surface area (Å²) in [5.41, 5.74) is 1.49. The number of sulfone groups is 1. The fourth-order valence-electron chi connectivity index (χ4n) is 3.35. The minimum atomic E-state index is -3.84. The zero-order chi connectivity index (χ0) is 24.2. The number of aliphatic hydroxyl groups excluding tert-OH is 1. The van der Waals surface area contributed by atoms with E-state index in [9.17, 15) is 18.3 Å². The predicted octanol–water partition coefficient (Wildman–Crippen LogP) is 1.90. The second kappa shape index (κ2) is 12.5. The quantitative estimate of drug-likeness (QED) is 0.364. The number of carboxylic acid groups (broad SMARTS) is 1. The predicted molar refractivity (Wildman–Crippen MR) is 129 cm³/mol. The molecule has 0 unspecified atom stereocenters. The molecule has 0 aliphatic heterocycles. The zero-order valence-corrected chi connectivity index (χ0v) is 23.0. The number of benzene rings is 3. The molecule has 3 rings (SSSR count). The van der Waals surface area contributed by atoms with Crippen LogP contribution in [0, 0.1) is 0 Å². The van der Waals surface area contributed by atoms with Crippen LogP contribution < -0.4 is 34.9 Å². The van der Waals surface area contributed by atoms with Gasteiger partial charge in [-0.05, 0) is 66.9 Å². The first-order valence-electron chi connectivity index (χ1n) is 10.1. The Morgan fingerprint density at radius 2 is 1.68 bits per heavy atom. The summed E-state index contributed by atoms with van der Waals surface area (Å²) in [4.78, 5) is 11.1. The second-order valence-electron chi connectivity index (χ2n) is 7.68. The van der Waals surface area contributed by atoms with Gasteiger partial charge in [0.1, 0.15) is 0 Å². The molecule has 2 atom stereocenters. The molecule has 3 N–H and O–H groups in total. The average molecular weight is 532 g/mol. The number of hydrogen-bond donors (Lipinski definition) is 3. The minimum Gasteiger partial charge on any atom is -1.00 e. The molecule has 0 radical (unpaired) electrons. The summed E-state index contributed by atoms with van der Waals surface area (Å²) >= 11 is 11.9. The van der Waals surface area contributed by atoms with Crippen LogP contribution in [-0.4, -0.2) is 37.2 Å². The molecule has 0 aliphatic rings. The van der Waals surface area contributed by atoms with Gasteiger partial charge in [-0.25, -0.2) is 13.2 Å². The summed E-state index contributed by atoms with van der Waals surface area (Å²) in [7, 11) is -3.84. The van der Waals surface area contributed by atoms with Gasteiger partial charge in [0.15, 0.2) is 0 Å². The van der Waals surface area contributed by atoms with Crippen molar-refractivity contribution in [1.29, 1.82) is 0 Å². The Morgan fingerprint density at radius 3 is 2.26 bits per heavy atom. The Morgan fingerprint density at radius 1 is 1.03 bits per heavy atom. The third-order valence-corrected chi connectivity index (χ3v) is 7.47. The third kappa shape index (κ3) is 7.29. The largest absolute Gasteiger partial charge is 1.00 e. The van der Waals surface area contributed by atoms with Gasteiger partial charge >= 0.3 is 35.5 Å². The van der Waals surface area contributed by atoms with Gasteiger partial charge in [-0.3, -0.25) is 0 Å². The molecule has 0 aromatic heterocycles. The van der Waals surface area contributed by atoms with Crippen LogP contribution in [0.2, 0.25) is 10.0 Å². The maximum atomic E-state index is 12.9. The van der Waals surface area contributed by atoms with Crippen molar-refractivity contribution in [3.8, 4) is 0 Å². The molecule has 6 nitrogen and oxygen atoms in total. The van der Waals surface area contributed by atoms with Gasteiger partial charge in [0.25, 0.3) is 0 Å². The van der Waals surface area contributed by atoms with Crippen LogP contribution in [0.4, 0.5) is 0 Å². The van der Waals surface area contributed by atoms with Crippen molar-refractivity contribution in [2.24, 2.45) is 0 Å². The van der Waals surface area contributed by atoms with Gasteiger partial charge in [-0.2, -0.15) is 0 Å². The second-order valence-corrected chi connectivity index (χ2v) is 10.5. The van der Waals surface area contributed by atoms with Crippen molar-refractivity contribution in [3.05, 3.63) is 93.5 Å². The molecule has 0 spiro atoms. The number of carboxylic acids is 1. The first kappa shape index (κ1) is 28.8. The summed E-state index contributed by atoms with van der Waals surface area (Å²) in [6.07, 6.45) is -0.0696. The molecular formula is C24H24Cl2NNaO5S. The van der Waals surface area contributed by atoms with Crippen molar-refractivity contribution < 1.29 is 54.4 Å². The van der Waals surface area contributed by atoms with Gasteiger partial charge in [0.05, 0.1) is 26.5 Å². The van der Waals surface area contributed by atoms with Crippen molar-refractivity contribution >= 4 is 39.0 Å². The van der Waals surface area contributed by atoms with Crippen molar-refractivity contribution in [2.45, 2.75) is 35.3 Å². The molecule has 10 heteroatoms. The van der Waals surface area contributed by atoms with Crippen LogP contribution >= 0.6 is 23.2 Å². The molecule has 0 amide bonds. The zero-order valence-electron chi connectivity index (χ0n) is 19.7. The van der Waals surface area contributed by atoms with Gasteiger partial charge in [-0.1, -0.05) is 47.5 Å². The van der Waals surface area contributed by atoms with E-state index in [2.05, 4.69) is 5.32 Å². The van der Waals surface area contributed by atoms with Crippen molar-refractivity contribution in [3.63, 3.8) is 0 Å². The topological polar surface area (TPSA) is 104 Å². The molecule has 34 heavy (non-hydrogen) atoms. The van der Waals surface area contributed by atoms with Crippen molar-refractivity contribution in [1.82, 2.24) is 5.32 Å².